The largest absolute Gasteiger partial charge is 0.394 e. The minimum atomic E-state index is -0.593. The monoisotopic (exact) mass is 228 g/mol. The number of hydrogen-bond acceptors (Lipinski definition) is 3. The molecule has 1 amide bonds. The number of piperidine rings is 1. The molecule has 16 heavy (non-hydrogen) atoms. The average Bonchev–Trinajstić information content (AvgIpc) is 2.27. The SMILES string of the molecule is CC(C)C(C)C(=O)N1CCCC(N)(CO)C1. The molecule has 0 aromatic rings. The van der Waals surface area contributed by atoms with Gasteiger partial charge in [0.1, 0.15) is 0 Å². The molecule has 1 saturated heterocycles. The molecule has 1 heterocycles. The van der Waals surface area contributed by atoms with Crippen molar-refractivity contribution in [3.05, 3.63) is 0 Å². The average molecular weight is 228 g/mol. The van der Waals surface area contributed by atoms with Crippen molar-refractivity contribution in [2.24, 2.45) is 17.6 Å². The highest BCUT2D eigenvalue weighted by atomic mass is 16.3. The summed E-state index contributed by atoms with van der Waals surface area (Å²) >= 11 is 0. The van der Waals surface area contributed by atoms with Gasteiger partial charge in [-0.2, -0.15) is 0 Å². The zero-order valence-electron chi connectivity index (χ0n) is 10.6. The molecule has 4 heteroatoms. The second kappa shape index (κ2) is 5.15. The van der Waals surface area contributed by atoms with Crippen LogP contribution < -0.4 is 5.73 Å². The summed E-state index contributed by atoms with van der Waals surface area (Å²) < 4.78 is 0. The van der Waals surface area contributed by atoms with Crippen LogP contribution in [0.4, 0.5) is 0 Å². The first-order chi connectivity index (χ1) is 7.39. The first kappa shape index (κ1) is 13.5. The van der Waals surface area contributed by atoms with Gasteiger partial charge in [-0.3, -0.25) is 4.79 Å². The van der Waals surface area contributed by atoms with Gasteiger partial charge in [0.15, 0.2) is 0 Å². The molecule has 3 N–H and O–H groups in total. The minimum Gasteiger partial charge on any atom is -0.394 e. The molecule has 1 aliphatic heterocycles. The second-order valence-electron chi connectivity index (χ2n) is 5.42. The smallest absolute Gasteiger partial charge is 0.225 e. The van der Waals surface area contributed by atoms with Gasteiger partial charge < -0.3 is 15.7 Å². The van der Waals surface area contributed by atoms with Crippen LogP contribution in [0.3, 0.4) is 0 Å². The Morgan fingerprint density at radius 3 is 2.62 bits per heavy atom. The number of nitrogens with zero attached hydrogens (tertiary/aromatic N) is 1. The third kappa shape index (κ3) is 2.95. The number of carbonyl (C=O) groups excluding carboxylic acids is 1. The van der Waals surface area contributed by atoms with E-state index in [1.54, 1.807) is 0 Å². The normalized spacial score (nSPS) is 28.2. The Hall–Kier alpha value is -0.610. The molecule has 2 atom stereocenters. The summed E-state index contributed by atoms with van der Waals surface area (Å²) in [6, 6.07) is 0. The molecule has 0 aliphatic carbocycles. The Morgan fingerprint density at radius 1 is 1.50 bits per heavy atom. The molecular formula is C12H24N2O2. The van der Waals surface area contributed by atoms with Gasteiger partial charge in [-0.15, -0.1) is 0 Å². The number of nitrogens with two attached hydrogens (primary N) is 1. The third-order valence-corrected chi connectivity index (χ3v) is 3.62. The molecule has 0 radical (unpaired) electrons. The highest BCUT2D eigenvalue weighted by molar-refractivity contribution is 5.79. The molecule has 0 aromatic carbocycles. The fraction of sp³-hybridized carbons (Fsp3) is 0.917. The summed E-state index contributed by atoms with van der Waals surface area (Å²) in [4.78, 5) is 13.9. The molecular weight excluding hydrogens is 204 g/mol. The van der Waals surface area contributed by atoms with E-state index in [4.69, 9.17) is 5.73 Å². The van der Waals surface area contributed by atoms with Crippen molar-refractivity contribution in [1.29, 1.82) is 0 Å². The Labute approximate surface area is 97.8 Å². The molecule has 0 aromatic heterocycles. The van der Waals surface area contributed by atoms with E-state index in [0.29, 0.717) is 12.5 Å². The van der Waals surface area contributed by atoms with Crippen molar-refractivity contribution in [2.75, 3.05) is 19.7 Å². The summed E-state index contributed by atoms with van der Waals surface area (Å²) in [5.74, 6) is 0.537. The molecule has 1 fully saturated rings. The summed E-state index contributed by atoms with van der Waals surface area (Å²) in [7, 11) is 0. The van der Waals surface area contributed by atoms with Gasteiger partial charge in [0.05, 0.1) is 12.1 Å². The number of aliphatic hydroxyl groups is 1. The van der Waals surface area contributed by atoms with E-state index in [9.17, 15) is 9.90 Å². The number of rotatable bonds is 3. The first-order valence-electron chi connectivity index (χ1n) is 6.08. The molecule has 0 bridgehead atoms. The fourth-order valence-corrected chi connectivity index (χ4v) is 2.05. The van der Waals surface area contributed by atoms with Gasteiger partial charge in [-0.05, 0) is 18.8 Å². The third-order valence-electron chi connectivity index (χ3n) is 3.62. The van der Waals surface area contributed by atoms with Crippen LogP contribution in [-0.2, 0) is 4.79 Å². The van der Waals surface area contributed by atoms with Crippen LogP contribution in [0.5, 0.6) is 0 Å². The first-order valence-corrected chi connectivity index (χ1v) is 6.08. The maximum atomic E-state index is 12.1. The number of likely N-dealkylation sites (tertiary alicyclic amines) is 1. The minimum absolute atomic E-state index is 0.0287. The highest BCUT2D eigenvalue weighted by Gasteiger charge is 2.34. The lowest BCUT2D eigenvalue weighted by Gasteiger charge is -2.40. The van der Waals surface area contributed by atoms with Crippen molar-refractivity contribution in [3.8, 4) is 0 Å². The van der Waals surface area contributed by atoms with Gasteiger partial charge in [0, 0.05) is 19.0 Å². The van der Waals surface area contributed by atoms with Crippen molar-refractivity contribution in [2.45, 2.75) is 39.2 Å². The number of hydrogen-bond donors (Lipinski definition) is 2. The predicted octanol–water partition coefficient (Wildman–Crippen LogP) is 0.591. The quantitative estimate of drug-likeness (QED) is 0.743. The number of aliphatic hydroxyl groups excluding tert-OH is 1. The standard InChI is InChI=1S/C12H24N2O2/c1-9(2)10(3)11(16)14-6-4-5-12(13,7-14)8-15/h9-10,15H,4-8,13H2,1-3H3. The van der Waals surface area contributed by atoms with Crippen LogP contribution in [-0.4, -0.2) is 41.1 Å². The molecule has 0 spiro atoms. The van der Waals surface area contributed by atoms with Crippen LogP contribution in [0.15, 0.2) is 0 Å². The maximum Gasteiger partial charge on any atom is 0.225 e. The van der Waals surface area contributed by atoms with Gasteiger partial charge in [-0.25, -0.2) is 0 Å². The molecule has 2 unspecified atom stereocenters. The van der Waals surface area contributed by atoms with Crippen LogP contribution in [0, 0.1) is 11.8 Å². The molecule has 4 nitrogen and oxygen atoms in total. The van der Waals surface area contributed by atoms with E-state index in [2.05, 4.69) is 0 Å². The summed E-state index contributed by atoms with van der Waals surface area (Å²) in [6.07, 6.45) is 1.68. The van der Waals surface area contributed by atoms with Gasteiger partial charge in [-0.1, -0.05) is 20.8 Å². The highest BCUT2D eigenvalue weighted by Crippen LogP contribution is 2.22. The number of amides is 1. The Morgan fingerprint density at radius 2 is 2.12 bits per heavy atom. The van der Waals surface area contributed by atoms with Gasteiger partial charge in [0.2, 0.25) is 5.91 Å². The number of carbonyl (C=O) groups is 1. The summed E-state index contributed by atoms with van der Waals surface area (Å²) in [6.45, 7) is 7.27. The summed E-state index contributed by atoms with van der Waals surface area (Å²) in [5, 5.41) is 9.23. The second-order valence-corrected chi connectivity index (χ2v) is 5.42. The van der Waals surface area contributed by atoms with Gasteiger partial charge in [0.25, 0.3) is 0 Å². The van der Waals surface area contributed by atoms with Crippen molar-refractivity contribution in [3.63, 3.8) is 0 Å². The zero-order valence-corrected chi connectivity index (χ0v) is 10.6. The molecule has 1 aliphatic rings. The Bertz CT molecular complexity index is 255. The molecule has 1 rings (SSSR count). The predicted molar refractivity (Wildman–Crippen MR) is 63.8 cm³/mol. The van der Waals surface area contributed by atoms with E-state index in [1.165, 1.54) is 0 Å². The topological polar surface area (TPSA) is 66.6 Å². The van der Waals surface area contributed by atoms with Gasteiger partial charge >= 0.3 is 0 Å². The van der Waals surface area contributed by atoms with Crippen molar-refractivity contribution in [1.82, 2.24) is 4.90 Å². The van der Waals surface area contributed by atoms with Crippen LogP contribution in [0.25, 0.3) is 0 Å². The van der Waals surface area contributed by atoms with Crippen LogP contribution >= 0.6 is 0 Å². The Kier molecular flexibility index (Phi) is 4.33. The lowest BCUT2D eigenvalue weighted by molar-refractivity contribution is -0.138. The summed E-state index contributed by atoms with van der Waals surface area (Å²) in [5.41, 5.74) is 5.43. The van der Waals surface area contributed by atoms with E-state index >= 15 is 0 Å². The molecule has 94 valence electrons. The lowest BCUT2D eigenvalue weighted by atomic mass is 9.89. The van der Waals surface area contributed by atoms with Crippen molar-refractivity contribution < 1.29 is 9.90 Å². The van der Waals surface area contributed by atoms with Crippen LogP contribution in [0.1, 0.15) is 33.6 Å². The zero-order chi connectivity index (χ0) is 12.3. The van der Waals surface area contributed by atoms with Crippen molar-refractivity contribution >= 4 is 5.91 Å². The Balaban J connectivity index is 2.64. The van der Waals surface area contributed by atoms with Crippen LogP contribution in [0.2, 0.25) is 0 Å². The van der Waals surface area contributed by atoms with E-state index < -0.39 is 5.54 Å². The molecule has 0 saturated carbocycles. The lowest BCUT2D eigenvalue weighted by Crippen LogP contribution is -2.58. The van der Waals surface area contributed by atoms with E-state index in [0.717, 1.165) is 19.4 Å². The van der Waals surface area contributed by atoms with E-state index in [1.807, 2.05) is 25.7 Å². The fourth-order valence-electron chi connectivity index (χ4n) is 2.05. The maximum absolute atomic E-state index is 12.1. The van der Waals surface area contributed by atoms with E-state index in [-0.39, 0.29) is 18.4 Å².